The molecule has 10 nitrogen and oxygen atoms in total. The van der Waals surface area contributed by atoms with E-state index in [0.717, 1.165) is 11.1 Å². The fourth-order valence-electron chi connectivity index (χ4n) is 3.81. The molecule has 10 heteroatoms. The quantitative estimate of drug-likeness (QED) is 0.310. The molecule has 0 fully saturated rings. The van der Waals surface area contributed by atoms with Gasteiger partial charge in [-0.05, 0) is 64.2 Å². The third-order valence-corrected chi connectivity index (χ3v) is 6.11. The van der Waals surface area contributed by atoms with E-state index in [0.29, 0.717) is 12.0 Å². The van der Waals surface area contributed by atoms with Gasteiger partial charge in [-0.25, -0.2) is 4.79 Å². The standard InChI is InChI=1S/C28H42N4O6/c1-9-18(3)23(31-27(36)38-28(6,7)8)26(35)32(17-15-29)24(21-13-11-12-19(4)20(21)5)25(34)30-16-14-22(33)37-10-2/h11-13,18,23-24H,9-10,14,16-17H2,1-8H3,(H,30,34)(H,31,36). The van der Waals surface area contributed by atoms with Crippen molar-refractivity contribution in [3.63, 3.8) is 0 Å². The predicted molar refractivity (Wildman–Crippen MR) is 143 cm³/mol. The van der Waals surface area contributed by atoms with Gasteiger partial charge in [0.1, 0.15) is 24.2 Å². The number of benzene rings is 1. The molecule has 0 saturated carbocycles. The molecule has 3 amide bonds. The van der Waals surface area contributed by atoms with Crippen LogP contribution in [0, 0.1) is 31.1 Å². The maximum absolute atomic E-state index is 14.0. The van der Waals surface area contributed by atoms with Crippen molar-refractivity contribution in [1.82, 2.24) is 15.5 Å². The number of ether oxygens (including phenoxy) is 2. The third kappa shape index (κ3) is 9.69. The maximum atomic E-state index is 14.0. The molecular weight excluding hydrogens is 488 g/mol. The van der Waals surface area contributed by atoms with E-state index in [-0.39, 0.29) is 25.5 Å². The Kier molecular flexibility index (Phi) is 12.8. The summed E-state index contributed by atoms with van der Waals surface area (Å²) >= 11 is 0. The van der Waals surface area contributed by atoms with Crippen molar-refractivity contribution >= 4 is 23.9 Å². The summed E-state index contributed by atoms with van der Waals surface area (Å²) in [4.78, 5) is 53.1. The second-order valence-electron chi connectivity index (χ2n) is 10.2. The molecule has 1 aromatic carbocycles. The van der Waals surface area contributed by atoms with Crippen LogP contribution in [0.4, 0.5) is 4.79 Å². The molecule has 2 N–H and O–H groups in total. The smallest absolute Gasteiger partial charge is 0.408 e. The fourth-order valence-corrected chi connectivity index (χ4v) is 3.81. The molecule has 0 bridgehead atoms. The molecule has 1 rings (SSSR count). The minimum atomic E-state index is -1.17. The lowest BCUT2D eigenvalue weighted by atomic mass is 9.93. The van der Waals surface area contributed by atoms with Crippen LogP contribution in [0.1, 0.15) is 77.1 Å². The Morgan fingerprint density at radius 2 is 1.79 bits per heavy atom. The Balaban J connectivity index is 3.47. The van der Waals surface area contributed by atoms with Crippen molar-refractivity contribution in [2.24, 2.45) is 5.92 Å². The molecule has 0 spiro atoms. The van der Waals surface area contributed by atoms with Crippen molar-refractivity contribution in [2.45, 2.75) is 85.9 Å². The van der Waals surface area contributed by atoms with Gasteiger partial charge in [-0.2, -0.15) is 5.26 Å². The third-order valence-electron chi connectivity index (χ3n) is 6.11. The number of nitrogens with zero attached hydrogens (tertiary/aromatic N) is 2. The zero-order valence-corrected chi connectivity index (χ0v) is 23.8. The van der Waals surface area contributed by atoms with Gasteiger partial charge in [0.2, 0.25) is 11.8 Å². The normalized spacial score (nSPS) is 13.3. The number of nitriles is 1. The monoisotopic (exact) mass is 530 g/mol. The van der Waals surface area contributed by atoms with E-state index in [2.05, 4.69) is 10.6 Å². The number of aryl methyl sites for hydroxylation is 1. The molecular formula is C28H42N4O6. The van der Waals surface area contributed by atoms with E-state index in [1.54, 1.807) is 46.8 Å². The number of nitrogens with one attached hydrogen (secondary N) is 2. The summed E-state index contributed by atoms with van der Waals surface area (Å²) in [5, 5.41) is 15.0. The lowest BCUT2D eigenvalue weighted by molar-refractivity contribution is -0.144. The van der Waals surface area contributed by atoms with Gasteiger partial charge in [0, 0.05) is 6.54 Å². The zero-order chi connectivity index (χ0) is 29.0. The highest BCUT2D eigenvalue weighted by molar-refractivity contribution is 5.92. The summed E-state index contributed by atoms with van der Waals surface area (Å²) in [6.07, 6.45) is -0.261. The van der Waals surface area contributed by atoms with Crippen molar-refractivity contribution in [2.75, 3.05) is 19.7 Å². The number of carbonyl (C=O) groups is 4. The average Bonchev–Trinajstić information content (AvgIpc) is 2.83. The van der Waals surface area contributed by atoms with E-state index >= 15 is 0 Å². The Bertz CT molecular complexity index is 1030. The van der Waals surface area contributed by atoms with Gasteiger partial charge in [-0.15, -0.1) is 0 Å². The summed E-state index contributed by atoms with van der Waals surface area (Å²) in [5.41, 5.74) is 1.46. The molecule has 3 unspecified atom stereocenters. The lowest BCUT2D eigenvalue weighted by Gasteiger charge is -2.35. The first-order chi connectivity index (χ1) is 17.8. The number of alkyl carbamates (subject to hydrolysis) is 1. The van der Waals surface area contributed by atoms with E-state index in [1.807, 2.05) is 32.9 Å². The van der Waals surface area contributed by atoms with Gasteiger partial charge in [-0.3, -0.25) is 14.4 Å². The highest BCUT2D eigenvalue weighted by Crippen LogP contribution is 2.28. The number of esters is 1. The van der Waals surface area contributed by atoms with Crippen molar-refractivity contribution in [3.8, 4) is 6.07 Å². The minimum absolute atomic E-state index is 0.00142. The average molecular weight is 531 g/mol. The number of amides is 3. The van der Waals surface area contributed by atoms with Crippen LogP contribution in [0.5, 0.6) is 0 Å². The molecule has 3 atom stereocenters. The number of hydrogen-bond donors (Lipinski definition) is 2. The van der Waals surface area contributed by atoms with Crippen LogP contribution in [-0.4, -0.2) is 60.1 Å². The molecule has 210 valence electrons. The van der Waals surface area contributed by atoms with Crippen LogP contribution in [0.3, 0.4) is 0 Å². The van der Waals surface area contributed by atoms with Crippen LogP contribution in [0.25, 0.3) is 0 Å². The molecule has 0 heterocycles. The SMILES string of the molecule is CCOC(=O)CCNC(=O)C(c1cccc(C)c1C)N(CC#N)C(=O)C(NC(=O)OC(C)(C)C)C(C)CC. The fraction of sp³-hybridized carbons (Fsp3) is 0.607. The van der Waals surface area contributed by atoms with Crippen LogP contribution >= 0.6 is 0 Å². The predicted octanol–water partition coefficient (Wildman–Crippen LogP) is 3.71. The summed E-state index contributed by atoms with van der Waals surface area (Å²) in [5.74, 6) is -1.91. The van der Waals surface area contributed by atoms with E-state index in [1.165, 1.54) is 4.90 Å². The van der Waals surface area contributed by atoms with Crippen LogP contribution < -0.4 is 10.6 Å². The molecule has 38 heavy (non-hydrogen) atoms. The molecule has 0 aliphatic heterocycles. The van der Waals surface area contributed by atoms with Gasteiger partial charge in [0.15, 0.2) is 0 Å². The van der Waals surface area contributed by atoms with Gasteiger partial charge in [-0.1, -0.05) is 38.5 Å². The first-order valence-electron chi connectivity index (χ1n) is 12.9. The second kappa shape index (κ2) is 15.0. The van der Waals surface area contributed by atoms with Crippen LogP contribution in [0.2, 0.25) is 0 Å². The highest BCUT2D eigenvalue weighted by atomic mass is 16.6. The van der Waals surface area contributed by atoms with Gasteiger partial charge < -0.3 is 25.0 Å². The van der Waals surface area contributed by atoms with E-state index in [4.69, 9.17) is 9.47 Å². The van der Waals surface area contributed by atoms with E-state index in [9.17, 15) is 24.4 Å². The minimum Gasteiger partial charge on any atom is -0.466 e. The zero-order valence-electron chi connectivity index (χ0n) is 23.8. The second-order valence-corrected chi connectivity index (χ2v) is 10.2. The first-order valence-corrected chi connectivity index (χ1v) is 12.9. The highest BCUT2D eigenvalue weighted by Gasteiger charge is 2.38. The van der Waals surface area contributed by atoms with Gasteiger partial charge in [0.05, 0.1) is 19.1 Å². The number of hydrogen-bond acceptors (Lipinski definition) is 7. The Labute approximate surface area is 226 Å². The Hall–Kier alpha value is -3.61. The van der Waals surface area contributed by atoms with Crippen LogP contribution in [0.15, 0.2) is 18.2 Å². The topological polar surface area (TPSA) is 138 Å². The largest absolute Gasteiger partial charge is 0.466 e. The molecule has 0 aliphatic rings. The summed E-state index contributed by atoms with van der Waals surface area (Å²) in [6.45, 7) is 14.1. The summed E-state index contributed by atoms with van der Waals surface area (Å²) < 4.78 is 10.3. The Morgan fingerprint density at radius 1 is 1.13 bits per heavy atom. The molecule has 0 aromatic heterocycles. The van der Waals surface area contributed by atoms with Crippen molar-refractivity contribution in [3.05, 3.63) is 34.9 Å². The van der Waals surface area contributed by atoms with Crippen LogP contribution in [-0.2, 0) is 23.9 Å². The van der Waals surface area contributed by atoms with Gasteiger partial charge in [0.25, 0.3) is 0 Å². The van der Waals surface area contributed by atoms with Crippen molar-refractivity contribution < 1.29 is 28.7 Å². The first kappa shape index (κ1) is 32.4. The van der Waals surface area contributed by atoms with Gasteiger partial charge >= 0.3 is 12.1 Å². The van der Waals surface area contributed by atoms with Crippen molar-refractivity contribution in [1.29, 1.82) is 5.26 Å². The summed E-state index contributed by atoms with van der Waals surface area (Å²) in [6, 6.07) is 5.17. The molecule has 0 radical (unpaired) electrons. The molecule has 0 saturated heterocycles. The lowest BCUT2D eigenvalue weighted by Crippen LogP contribution is -2.55. The number of rotatable bonds is 12. The number of carbonyl (C=O) groups excluding carboxylic acids is 4. The maximum Gasteiger partial charge on any atom is 0.408 e. The Morgan fingerprint density at radius 3 is 2.34 bits per heavy atom. The molecule has 0 aliphatic carbocycles. The molecule has 1 aromatic rings. The van der Waals surface area contributed by atoms with E-state index < -0.39 is 48.1 Å². The summed E-state index contributed by atoms with van der Waals surface area (Å²) in [7, 11) is 0.